The molecule has 1 aromatic carbocycles. The van der Waals surface area contributed by atoms with E-state index in [1.165, 1.54) is 24.5 Å². The molecule has 0 saturated carbocycles. The number of carbonyl (C=O) groups excluding carboxylic acids is 1. The second-order valence-electron chi connectivity index (χ2n) is 6.85. The van der Waals surface area contributed by atoms with Crippen LogP contribution in [0.2, 0.25) is 0 Å². The molecule has 5 nitrogen and oxygen atoms in total. The smallest absolute Gasteiger partial charge is 0.251 e. The molecule has 5 heteroatoms. The topological polar surface area (TPSA) is 54.3 Å². The van der Waals surface area contributed by atoms with Crippen LogP contribution in [0.3, 0.4) is 0 Å². The van der Waals surface area contributed by atoms with Gasteiger partial charge in [0.15, 0.2) is 0 Å². The first-order valence-corrected chi connectivity index (χ1v) is 9.43. The van der Waals surface area contributed by atoms with Crippen molar-refractivity contribution in [1.82, 2.24) is 14.8 Å². The van der Waals surface area contributed by atoms with E-state index in [0.717, 1.165) is 19.6 Å². The second-order valence-corrected chi connectivity index (χ2v) is 6.85. The molecule has 2 aromatic rings. The van der Waals surface area contributed by atoms with Gasteiger partial charge in [-0.1, -0.05) is 30.3 Å². The minimum absolute atomic E-state index is 0.137. The molecule has 1 aliphatic rings. The summed E-state index contributed by atoms with van der Waals surface area (Å²) in [4.78, 5) is 26.5. The lowest BCUT2D eigenvalue weighted by Gasteiger charge is -2.33. The lowest BCUT2D eigenvalue weighted by atomic mass is 9.91. The van der Waals surface area contributed by atoms with Gasteiger partial charge in [-0.25, -0.2) is 0 Å². The minimum Gasteiger partial charge on any atom is -0.351 e. The van der Waals surface area contributed by atoms with Crippen LogP contribution < -0.4 is 10.9 Å². The highest BCUT2D eigenvalue weighted by molar-refractivity contribution is 5.93. The molecule has 138 valence electrons. The van der Waals surface area contributed by atoms with E-state index in [4.69, 9.17) is 0 Å². The summed E-state index contributed by atoms with van der Waals surface area (Å²) in [6.07, 6.45) is 4.08. The van der Waals surface area contributed by atoms with Gasteiger partial charge in [-0.05, 0) is 43.9 Å². The van der Waals surface area contributed by atoms with E-state index in [9.17, 15) is 9.59 Å². The quantitative estimate of drug-likeness (QED) is 0.868. The summed E-state index contributed by atoms with van der Waals surface area (Å²) in [7, 11) is 0. The van der Waals surface area contributed by atoms with E-state index in [-0.39, 0.29) is 11.5 Å². The Balaban J connectivity index is 1.49. The largest absolute Gasteiger partial charge is 0.351 e. The molecule has 0 spiro atoms. The average molecular weight is 353 g/mol. The first-order chi connectivity index (χ1) is 12.7. The average Bonchev–Trinajstić information content (AvgIpc) is 2.69. The fraction of sp³-hybridized carbons (Fsp3) is 0.429. The van der Waals surface area contributed by atoms with Crippen LogP contribution >= 0.6 is 0 Å². The standard InChI is InChI=1S/C21H27N3O2/c1-2-24-13-10-18(15-20(24)25)21(26)22-11-14-23-12-6-9-19(16-23)17-7-4-3-5-8-17/h3-5,7-8,10,13,15,19H,2,6,9,11-12,14,16H2,1H3,(H,22,26). The van der Waals surface area contributed by atoms with Gasteiger partial charge in [-0.15, -0.1) is 0 Å². The van der Waals surface area contributed by atoms with Crippen molar-refractivity contribution in [2.45, 2.75) is 32.2 Å². The van der Waals surface area contributed by atoms with Crippen molar-refractivity contribution in [3.8, 4) is 0 Å². The predicted octanol–water partition coefficient (Wildman–Crippen LogP) is 2.48. The van der Waals surface area contributed by atoms with Crippen LogP contribution in [0.25, 0.3) is 0 Å². The van der Waals surface area contributed by atoms with E-state index >= 15 is 0 Å². The molecule has 3 rings (SSSR count). The van der Waals surface area contributed by atoms with Crippen molar-refractivity contribution >= 4 is 5.91 Å². The van der Waals surface area contributed by atoms with Crippen LogP contribution in [0, 0.1) is 0 Å². The summed E-state index contributed by atoms with van der Waals surface area (Å²) in [5.74, 6) is 0.393. The van der Waals surface area contributed by atoms with Gasteiger partial charge in [0.1, 0.15) is 0 Å². The Morgan fingerprint density at radius 3 is 2.77 bits per heavy atom. The second kappa shape index (κ2) is 8.81. The van der Waals surface area contributed by atoms with Crippen LogP contribution in [0.5, 0.6) is 0 Å². The zero-order valence-corrected chi connectivity index (χ0v) is 15.4. The van der Waals surface area contributed by atoms with Crippen LogP contribution in [-0.4, -0.2) is 41.6 Å². The summed E-state index contributed by atoms with van der Waals surface area (Å²) in [6.45, 7) is 6.05. The van der Waals surface area contributed by atoms with Crippen LogP contribution in [0.1, 0.15) is 41.6 Å². The predicted molar refractivity (Wildman–Crippen MR) is 104 cm³/mol. The maximum Gasteiger partial charge on any atom is 0.251 e. The Morgan fingerprint density at radius 2 is 2.04 bits per heavy atom. The van der Waals surface area contributed by atoms with Crippen molar-refractivity contribution in [2.75, 3.05) is 26.2 Å². The first-order valence-electron chi connectivity index (χ1n) is 9.43. The zero-order chi connectivity index (χ0) is 18.4. The highest BCUT2D eigenvalue weighted by atomic mass is 16.2. The van der Waals surface area contributed by atoms with E-state index in [2.05, 4.69) is 40.5 Å². The van der Waals surface area contributed by atoms with Gasteiger partial charge in [0.2, 0.25) is 0 Å². The Kier molecular flexibility index (Phi) is 6.23. The molecule has 1 fully saturated rings. The zero-order valence-electron chi connectivity index (χ0n) is 15.4. The highest BCUT2D eigenvalue weighted by Gasteiger charge is 2.20. The van der Waals surface area contributed by atoms with Crippen molar-refractivity contribution < 1.29 is 4.79 Å². The number of nitrogens with one attached hydrogen (secondary N) is 1. The van der Waals surface area contributed by atoms with Crippen LogP contribution in [-0.2, 0) is 6.54 Å². The number of rotatable bonds is 6. The van der Waals surface area contributed by atoms with E-state index in [0.29, 0.717) is 24.6 Å². The fourth-order valence-electron chi connectivity index (χ4n) is 3.60. The normalized spacial score (nSPS) is 17.8. The number of piperidine rings is 1. The molecule has 1 aromatic heterocycles. The third-order valence-corrected chi connectivity index (χ3v) is 5.09. The highest BCUT2D eigenvalue weighted by Crippen LogP contribution is 2.26. The molecule has 2 heterocycles. The lowest BCUT2D eigenvalue weighted by Crippen LogP contribution is -2.40. The Hall–Kier alpha value is -2.40. The fourth-order valence-corrected chi connectivity index (χ4v) is 3.60. The third kappa shape index (κ3) is 4.61. The minimum atomic E-state index is -0.179. The van der Waals surface area contributed by atoms with E-state index < -0.39 is 0 Å². The number of benzene rings is 1. The van der Waals surface area contributed by atoms with Crippen molar-refractivity contribution in [3.05, 3.63) is 70.1 Å². The molecule has 1 aliphatic heterocycles. The molecule has 26 heavy (non-hydrogen) atoms. The summed E-state index contributed by atoms with van der Waals surface area (Å²) < 4.78 is 1.58. The van der Waals surface area contributed by atoms with Gasteiger partial charge in [-0.3, -0.25) is 9.59 Å². The van der Waals surface area contributed by atoms with Gasteiger partial charge >= 0.3 is 0 Å². The molecule has 1 saturated heterocycles. The SMILES string of the molecule is CCn1ccc(C(=O)NCCN2CCCC(c3ccccc3)C2)cc1=O. The number of hydrogen-bond acceptors (Lipinski definition) is 3. The Morgan fingerprint density at radius 1 is 1.23 bits per heavy atom. The molecule has 1 amide bonds. The monoisotopic (exact) mass is 353 g/mol. The van der Waals surface area contributed by atoms with Crippen molar-refractivity contribution in [3.63, 3.8) is 0 Å². The van der Waals surface area contributed by atoms with Gasteiger partial charge in [0.25, 0.3) is 11.5 Å². The number of carbonyl (C=O) groups is 1. The number of aryl methyl sites for hydroxylation is 1. The van der Waals surface area contributed by atoms with E-state index in [1.807, 2.05) is 6.92 Å². The summed E-state index contributed by atoms with van der Waals surface area (Å²) in [6, 6.07) is 13.8. The summed E-state index contributed by atoms with van der Waals surface area (Å²) >= 11 is 0. The van der Waals surface area contributed by atoms with E-state index in [1.54, 1.807) is 16.8 Å². The van der Waals surface area contributed by atoms with Gasteiger partial charge in [-0.2, -0.15) is 0 Å². The first kappa shape index (κ1) is 18.4. The molecular weight excluding hydrogens is 326 g/mol. The molecule has 0 aliphatic carbocycles. The third-order valence-electron chi connectivity index (χ3n) is 5.09. The number of pyridine rings is 1. The maximum absolute atomic E-state index is 12.2. The van der Waals surface area contributed by atoms with Crippen molar-refractivity contribution in [1.29, 1.82) is 0 Å². The molecular formula is C21H27N3O2. The summed E-state index contributed by atoms with van der Waals surface area (Å²) in [5.41, 5.74) is 1.69. The number of aromatic nitrogens is 1. The molecule has 0 radical (unpaired) electrons. The molecule has 1 atom stereocenters. The molecule has 1 N–H and O–H groups in total. The number of likely N-dealkylation sites (tertiary alicyclic amines) is 1. The van der Waals surface area contributed by atoms with Crippen LogP contribution in [0.15, 0.2) is 53.5 Å². The van der Waals surface area contributed by atoms with Gasteiger partial charge < -0.3 is 14.8 Å². The molecule has 1 unspecified atom stereocenters. The summed E-state index contributed by atoms with van der Waals surface area (Å²) in [5, 5.41) is 2.94. The lowest BCUT2D eigenvalue weighted by molar-refractivity contribution is 0.0945. The van der Waals surface area contributed by atoms with Crippen LogP contribution in [0.4, 0.5) is 0 Å². The van der Waals surface area contributed by atoms with Gasteiger partial charge in [0, 0.05) is 44.0 Å². The van der Waals surface area contributed by atoms with Gasteiger partial charge in [0.05, 0.1) is 0 Å². The Bertz CT molecular complexity index is 785. The number of hydrogen-bond donors (Lipinski definition) is 1. The van der Waals surface area contributed by atoms with Crippen molar-refractivity contribution in [2.24, 2.45) is 0 Å². The maximum atomic E-state index is 12.2. The number of nitrogens with zero attached hydrogens (tertiary/aromatic N) is 2. The number of amides is 1. The molecule has 0 bridgehead atoms. The Labute approximate surface area is 154 Å².